The number of rotatable bonds is 6. The summed E-state index contributed by atoms with van der Waals surface area (Å²) in [5.41, 5.74) is 6.95. The molecule has 0 aromatic heterocycles. The van der Waals surface area contributed by atoms with E-state index in [9.17, 15) is 8.42 Å². The first-order chi connectivity index (χ1) is 8.40. The summed E-state index contributed by atoms with van der Waals surface area (Å²) in [5, 5.41) is 3.32. The summed E-state index contributed by atoms with van der Waals surface area (Å²) in [5.74, 6) is 0. The van der Waals surface area contributed by atoms with Crippen LogP contribution in [0.3, 0.4) is 0 Å². The van der Waals surface area contributed by atoms with E-state index in [-0.39, 0.29) is 4.90 Å². The molecule has 102 valence electrons. The SMILES string of the molecule is CCCC(CC)Nc1cccc(S(C)(=O)=O)c1N. The molecule has 0 saturated carbocycles. The van der Waals surface area contributed by atoms with Crippen LogP contribution in [0, 0.1) is 0 Å². The van der Waals surface area contributed by atoms with E-state index in [1.54, 1.807) is 6.07 Å². The average Bonchev–Trinajstić information content (AvgIpc) is 2.29. The van der Waals surface area contributed by atoms with Crippen molar-refractivity contribution in [1.82, 2.24) is 0 Å². The lowest BCUT2D eigenvalue weighted by atomic mass is 10.1. The summed E-state index contributed by atoms with van der Waals surface area (Å²) >= 11 is 0. The largest absolute Gasteiger partial charge is 0.396 e. The second-order valence-electron chi connectivity index (χ2n) is 4.53. The Labute approximate surface area is 110 Å². The Morgan fingerprint density at radius 1 is 1.33 bits per heavy atom. The van der Waals surface area contributed by atoms with Crippen molar-refractivity contribution < 1.29 is 8.42 Å². The van der Waals surface area contributed by atoms with E-state index in [0.29, 0.717) is 17.4 Å². The molecule has 5 heteroatoms. The Morgan fingerprint density at radius 2 is 2.00 bits per heavy atom. The van der Waals surface area contributed by atoms with Gasteiger partial charge in [-0.3, -0.25) is 0 Å². The number of benzene rings is 1. The van der Waals surface area contributed by atoms with Crippen molar-refractivity contribution in [2.45, 2.75) is 44.0 Å². The molecule has 4 nitrogen and oxygen atoms in total. The molecule has 1 atom stereocenters. The standard InChI is InChI=1S/C13H22N2O2S/c1-4-7-10(5-2)15-11-8-6-9-12(13(11)14)18(3,16)17/h6,8-10,15H,4-5,7,14H2,1-3H3. The molecule has 3 N–H and O–H groups in total. The summed E-state index contributed by atoms with van der Waals surface area (Å²) in [6.45, 7) is 4.23. The van der Waals surface area contributed by atoms with Crippen LogP contribution in [0.1, 0.15) is 33.1 Å². The Hall–Kier alpha value is -1.23. The fourth-order valence-corrected chi connectivity index (χ4v) is 2.78. The van der Waals surface area contributed by atoms with Crippen LogP contribution in [-0.4, -0.2) is 20.7 Å². The number of nitrogens with one attached hydrogen (secondary N) is 1. The van der Waals surface area contributed by atoms with Crippen LogP contribution in [0.5, 0.6) is 0 Å². The van der Waals surface area contributed by atoms with Crippen molar-refractivity contribution in [2.24, 2.45) is 0 Å². The van der Waals surface area contributed by atoms with Crippen molar-refractivity contribution in [3.8, 4) is 0 Å². The topological polar surface area (TPSA) is 72.2 Å². The van der Waals surface area contributed by atoms with Crippen molar-refractivity contribution in [2.75, 3.05) is 17.3 Å². The van der Waals surface area contributed by atoms with Gasteiger partial charge in [0.1, 0.15) is 0 Å². The van der Waals surface area contributed by atoms with E-state index in [1.807, 2.05) is 6.07 Å². The lowest BCUT2D eigenvalue weighted by Crippen LogP contribution is -2.19. The van der Waals surface area contributed by atoms with Gasteiger partial charge in [0.25, 0.3) is 0 Å². The number of nitrogens with two attached hydrogens (primary N) is 1. The summed E-state index contributed by atoms with van der Waals surface area (Å²) < 4.78 is 23.2. The zero-order valence-electron chi connectivity index (χ0n) is 11.2. The minimum atomic E-state index is -3.28. The number of nitrogen functional groups attached to an aromatic ring is 1. The molecule has 0 bridgehead atoms. The first-order valence-electron chi connectivity index (χ1n) is 6.25. The summed E-state index contributed by atoms with van der Waals surface area (Å²) in [6, 6.07) is 5.40. The van der Waals surface area contributed by atoms with Gasteiger partial charge in [-0.2, -0.15) is 0 Å². The Kier molecular flexibility index (Phi) is 5.02. The van der Waals surface area contributed by atoms with Gasteiger partial charge in [0.2, 0.25) is 0 Å². The highest BCUT2D eigenvalue weighted by Gasteiger charge is 2.15. The molecule has 1 unspecified atom stereocenters. The van der Waals surface area contributed by atoms with E-state index in [0.717, 1.165) is 19.3 Å². The lowest BCUT2D eigenvalue weighted by Gasteiger charge is -2.19. The predicted octanol–water partition coefficient (Wildman–Crippen LogP) is 2.66. The van der Waals surface area contributed by atoms with Gasteiger partial charge in [-0.05, 0) is 25.0 Å². The molecule has 0 saturated heterocycles. The molecule has 0 spiro atoms. The van der Waals surface area contributed by atoms with Crippen molar-refractivity contribution in [1.29, 1.82) is 0 Å². The highest BCUT2D eigenvalue weighted by molar-refractivity contribution is 7.90. The fraction of sp³-hybridized carbons (Fsp3) is 0.538. The molecule has 0 aliphatic carbocycles. The number of hydrogen-bond acceptors (Lipinski definition) is 4. The molecule has 1 rings (SSSR count). The van der Waals surface area contributed by atoms with Crippen LogP contribution in [0.4, 0.5) is 11.4 Å². The molecule has 1 aromatic carbocycles. The van der Waals surface area contributed by atoms with Gasteiger partial charge in [-0.1, -0.05) is 26.3 Å². The van der Waals surface area contributed by atoms with Gasteiger partial charge < -0.3 is 11.1 Å². The van der Waals surface area contributed by atoms with Crippen LogP contribution in [0.2, 0.25) is 0 Å². The number of anilines is 2. The van der Waals surface area contributed by atoms with Gasteiger partial charge in [0.15, 0.2) is 9.84 Å². The van der Waals surface area contributed by atoms with E-state index < -0.39 is 9.84 Å². The van der Waals surface area contributed by atoms with E-state index >= 15 is 0 Å². The molecule has 0 aliphatic heterocycles. The molecule has 0 fully saturated rings. The third-order valence-electron chi connectivity index (χ3n) is 2.96. The lowest BCUT2D eigenvalue weighted by molar-refractivity contribution is 0.602. The number of hydrogen-bond donors (Lipinski definition) is 2. The van der Waals surface area contributed by atoms with Gasteiger partial charge >= 0.3 is 0 Å². The minimum absolute atomic E-state index is 0.193. The van der Waals surface area contributed by atoms with Gasteiger partial charge in [-0.25, -0.2) is 8.42 Å². The number of para-hydroxylation sites is 1. The van der Waals surface area contributed by atoms with Crippen LogP contribution < -0.4 is 11.1 Å². The number of sulfone groups is 1. The van der Waals surface area contributed by atoms with E-state index in [4.69, 9.17) is 5.73 Å². The summed E-state index contributed by atoms with van der Waals surface area (Å²) in [4.78, 5) is 0.193. The van der Waals surface area contributed by atoms with Crippen LogP contribution >= 0.6 is 0 Å². The van der Waals surface area contributed by atoms with Crippen molar-refractivity contribution in [3.63, 3.8) is 0 Å². The predicted molar refractivity (Wildman–Crippen MR) is 76.6 cm³/mol. The average molecular weight is 270 g/mol. The maximum atomic E-state index is 11.6. The first-order valence-corrected chi connectivity index (χ1v) is 8.14. The zero-order valence-corrected chi connectivity index (χ0v) is 12.0. The smallest absolute Gasteiger partial charge is 0.177 e. The Bertz CT molecular complexity index is 498. The van der Waals surface area contributed by atoms with Gasteiger partial charge in [-0.15, -0.1) is 0 Å². The van der Waals surface area contributed by atoms with Crippen LogP contribution in [-0.2, 0) is 9.84 Å². The summed E-state index contributed by atoms with van der Waals surface area (Å²) in [7, 11) is -3.28. The second-order valence-corrected chi connectivity index (χ2v) is 6.51. The Balaban J connectivity index is 3.04. The third kappa shape index (κ3) is 3.63. The molecular weight excluding hydrogens is 248 g/mol. The van der Waals surface area contributed by atoms with Gasteiger partial charge in [0.05, 0.1) is 16.3 Å². The molecule has 18 heavy (non-hydrogen) atoms. The highest BCUT2D eigenvalue weighted by atomic mass is 32.2. The second kappa shape index (κ2) is 6.09. The molecular formula is C13H22N2O2S. The monoisotopic (exact) mass is 270 g/mol. The maximum Gasteiger partial charge on any atom is 0.177 e. The van der Waals surface area contributed by atoms with E-state index in [2.05, 4.69) is 19.2 Å². The first kappa shape index (κ1) is 14.8. The molecule has 1 aromatic rings. The van der Waals surface area contributed by atoms with E-state index in [1.165, 1.54) is 12.3 Å². The minimum Gasteiger partial charge on any atom is -0.396 e. The highest BCUT2D eigenvalue weighted by Crippen LogP contribution is 2.27. The van der Waals surface area contributed by atoms with Crippen LogP contribution in [0.25, 0.3) is 0 Å². The Morgan fingerprint density at radius 3 is 2.50 bits per heavy atom. The van der Waals surface area contributed by atoms with Crippen LogP contribution in [0.15, 0.2) is 23.1 Å². The van der Waals surface area contributed by atoms with Crippen molar-refractivity contribution in [3.05, 3.63) is 18.2 Å². The molecule has 0 radical (unpaired) electrons. The fourth-order valence-electron chi connectivity index (χ4n) is 1.94. The molecule has 0 amide bonds. The summed E-state index contributed by atoms with van der Waals surface area (Å²) in [6.07, 6.45) is 4.28. The molecule has 0 aliphatic rings. The maximum absolute atomic E-state index is 11.6. The quantitative estimate of drug-likeness (QED) is 0.779. The zero-order chi connectivity index (χ0) is 13.8. The molecule has 0 heterocycles. The normalized spacial score (nSPS) is 13.3. The third-order valence-corrected chi connectivity index (χ3v) is 4.11. The van der Waals surface area contributed by atoms with Gasteiger partial charge in [0, 0.05) is 12.3 Å². The van der Waals surface area contributed by atoms with Crippen molar-refractivity contribution >= 4 is 21.2 Å².